The summed E-state index contributed by atoms with van der Waals surface area (Å²) in [6.45, 7) is 3.46. The lowest BCUT2D eigenvalue weighted by atomic mass is 10.0. The number of amides is 1. The van der Waals surface area contributed by atoms with Crippen LogP contribution in [0.15, 0.2) is 0 Å². The number of esters is 1. The lowest BCUT2D eigenvalue weighted by Crippen LogP contribution is -2.39. The van der Waals surface area contributed by atoms with E-state index in [-0.39, 0.29) is 24.2 Å². The quantitative estimate of drug-likeness (QED) is 0.662. The van der Waals surface area contributed by atoms with Gasteiger partial charge in [-0.25, -0.2) is 0 Å². The molecule has 1 amide bonds. The Labute approximate surface area is 90.6 Å². The lowest BCUT2D eigenvalue weighted by molar-refractivity contribution is -0.146. The highest BCUT2D eigenvalue weighted by atomic mass is 16.5. The molecule has 0 radical (unpaired) electrons. The highest BCUT2D eigenvalue weighted by Crippen LogP contribution is 2.14. The van der Waals surface area contributed by atoms with E-state index < -0.39 is 0 Å². The van der Waals surface area contributed by atoms with Crippen LogP contribution in [0.4, 0.5) is 0 Å². The predicted octanol–water partition coefficient (Wildman–Crippen LogP) is 1.20. The topological polar surface area (TPSA) is 46.6 Å². The molecule has 1 saturated heterocycles. The molecule has 0 bridgehead atoms. The first kappa shape index (κ1) is 12.0. The van der Waals surface area contributed by atoms with E-state index in [1.807, 2.05) is 4.90 Å². The number of carbonyl (C=O) groups is 2. The maximum absolute atomic E-state index is 11.9. The molecule has 1 fully saturated rings. The maximum atomic E-state index is 11.9. The zero-order valence-electron chi connectivity index (χ0n) is 9.49. The number of hydrogen-bond acceptors (Lipinski definition) is 3. The summed E-state index contributed by atoms with van der Waals surface area (Å²) >= 11 is 0. The third kappa shape index (κ3) is 3.53. The van der Waals surface area contributed by atoms with Gasteiger partial charge in [-0.1, -0.05) is 6.92 Å². The van der Waals surface area contributed by atoms with Crippen LogP contribution in [0.1, 0.15) is 32.6 Å². The minimum absolute atomic E-state index is 0.0834. The Balaban J connectivity index is 2.40. The number of piperidine rings is 1. The van der Waals surface area contributed by atoms with Crippen molar-refractivity contribution < 1.29 is 14.3 Å². The summed E-state index contributed by atoms with van der Waals surface area (Å²) in [4.78, 5) is 24.7. The zero-order valence-corrected chi connectivity index (χ0v) is 9.49. The largest absolute Gasteiger partial charge is 0.469 e. The van der Waals surface area contributed by atoms with Gasteiger partial charge >= 0.3 is 5.97 Å². The van der Waals surface area contributed by atoms with E-state index in [0.29, 0.717) is 0 Å². The van der Waals surface area contributed by atoms with E-state index in [2.05, 4.69) is 4.74 Å². The molecule has 1 aliphatic heterocycles. The molecule has 0 N–H and O–H groups in total. The molecule has 1 aliphatic rings. The van der Waals surface area contributed by atoms with Crippen LogP contribution in [0.2, 0.25) is 0 Å². The van der Waals surface area contributed by atoms with Gasteiger partial charge < -0.3 is 9.64 Å². The molecule has 0 unspecified atom stereocenters. The minimum Gasteiger partial charge on any atom is -0.469 e. The van der Waals surface area contributed by atoms with Crippen molar-refractivity contribution in [2.24, 2.45) is 5.92 Å². The van der Waals surface area contributed by atoms with Crippen LogP contribution in [-0.2, 0) is 14.3 Å². The highest BCUT2D eigenvalue weighted by molar-refractivity contribution is 5.83. The Morgan fingerprint density at radius 3 is 2.40 bits per heavy atom. The monoisotopic (exact) mass is 213 g/mol. The smallest absolute Gasteiger partial charge is 0.306 e. The highest BCUT2D eigenvalue weighted by Gasteiger charge is 2.23. The average molecular weight is 213 g/mol. The van der Waals surface area contributed by atoms with E-state index >= 15 is 0 Å². The van der Waals surface area contributed by atoms with Crippen molar-refractivity contribution in [2.45, 2.75) is 32.6 Å². The van der Waals surface area contributed by atoms with E-state index in [1.54, 1.807) is 6.92 Å². The third-order valence-corrected chi connectivity index (χ3v) is 2.79. The molecule has 1 heterocycles. The molecule has 0 saturated carbocycles. The number of carbonyl (C=O) groups excluding carboxylic acids is 2. The molecule has 0 aromatic heterocycles. The van der Waals surface area contributed by atoms with Crippen molar-refractivity contribution in [3.05, 3.63) is 0 Å². The van der Waals surface area contributed by atoms with Crippen LogP contribution >= 0.6 is 0 Å². The van der Waals surface area contributed by atoms with Gasteiger partial charge in [-0.3, -0.25) is 9.59 Å². The minimum atomic E-state index is -0.312. The summed E-state index contributed by atoms with van der Waals surface area (Å²) in [7, 11) is 1.35. The molecule has 0 aliphatic carbocycles. The maximum Gasteiger partial charge on any atom is 0.306 e. The third-order valence-electron chi connectivity index (χ3n) is 2.79. The number of ether oxygens (including phenoxy) is 1. The van der Waals surface area contributed by atoms with Crippen LogP contribution in [0.3, 0.4) is 0 Å². The lowest BCUT2D eigenvalue weighted by Gasteiger charge is -2.28. The van der Waals surface area contributed by atoms with Crippen LogP contribution in [0.5, 0.6) is 0 Å². The normalized spacial score (nSPS) is 18.4. The van der Waals surface area contributed by atoms with Crippen LogP contribution in [0.25, 0.3) is 0 Å². The molecule has 1 atom stereocenters. The SMILES string of the molecule is COC(=O)C[C@@H](C)C(=O)N1CCCCC1. The van der Waals surface area contributed by atoms with Crippen molar-refractivity contribution in [3.8, 4) is 0 Å². The molecular weight excluding hydrogens is 194 g/mol. The summed E-state index contributed by atoms with van der Waals surface area (Å²) in [5, 5.41) is 0. The fourth-order valence-corrected chi connectivity index (χ4v) is 1.85. The van der Waals surface area contributed by atoms with Gasteiger partial charge in [0.05, 0.1) is 13.5 Å². The van der Waals surface area contributed by atoms with Gasteiger partial charge in [0, 0.05) is 19.0 Å². The zero-order chi connectivity index (χ0) is 11.3. The van der Waals surface area contributed by atoms with Gasteiger partial charge in [-0.2, -0.15) is 0 Å². The van der Waals surface area contributed by atoms with Gasteiger partial charge in [-0.15, -0.1) is 0 Å². The van der Waals surface area contributed by atoms with Crippen molar-refractivity contribution in [2.75, 3.05) is 20.2 Å². The summed E-state index contributed by atoms with van der Waals surface area (Å²) < 4.78 is 4.55. The fourth-order valence-electron chi connectivity index (χ4n) is 1.85. The fraction of sp³-hybridized carbons (Fsp3) is 0.818. The van der Waals surface area contributed by atoms with Gasteiger partial charge in [0.1, 0.15) is 0 Å². The first-order valence-electron chi connectivity index (χ1n) is 5.50. The Morgan fingerprint density at radius 1 is 1.27 bits per heavy atom. The number of methoxy groups -OCH3 is 1. The molecule has 1 rings (SSSR count). The van der Waals surface area contributed by atoms with Crippen LogP contribution in [0, 0.1) is 5.92 Å². The Hall–Kier alpha value is -1.06. The molecule has 0 spiro atoms. The molecule has 86 valence electrons. The standard InChI is InChI=1S/C11H19NO3/c1-9(8-10(13)15-2)11(14)12-6-4-3-5-7-12/h9H,3-8H2,1-2H3/t9-/m1/s1. The average Bonchev–Trinajstić information content (AvgIpc) is 2.29. The molecule has 4 heteroatoms. The van der Waals surface area contributed by atoms with Crippen molar-refractivity contribution in [1.82, 2.24) is 4.90 Å². The van der Waals surface area contributed by atoms with Gasteiger partial charge in [0.25, 0.3) is 0 Å². The first-order chi connectivity index (χ1) is 7.15. The molecule has 0 aromatic rings. The Morgan fingerprint density at radius 2 is 1.87 bits per heavy atom. The molecule has 0 aromatic carbocycles. The van der Waals surface area contributed by atoms with Crippen molar-refractivity contribution in [1.29, 1.82) is 0 Å². The van der Waals surface area contributed by atoms with E-state index in [4.69, 9.17) is 0 Å². The van der Waals surface area contributed by atoms with Gasteiger partial charge in [0.2, 0.25) is 5.91 Å². The van der Waals surface area contributed by atoms with Crippen LogP contribution in [-0.4, -0.2) is 37.0 Å². The molecule has 4 nitrogen and oxygen atoms in total. The Kier molecular flexibility index (Phi) is 4.59. The van der Waals surface area contributed by atoms with E-state index in [1.165, 1.54) is 13.5 Å². The predicted molar refractivity (Wildman–Crippen MR) is 56.2 cm³/mol. The summed E-state index contributed by atoms with van der Waals surface area (Å²) in [5.74, 6) is -0.483. The molecular formula is C11H19NO3. The second-order valence-corrected chi connectivity index (χ2v) is 4.07. The molecule has 15 heavy (non-hydrogen) atoms. The summed E-state index contributed by atoms with van der Waals surface area (Å²) in [6.07, 6.45) is 3.55. The van der Waals surface area contributed by atoms with Crippen molar-refractivity contribution in [3.63, 3.8) is 0 Å². The number of rotatable bonds is 3. The van der Waals surface area contributed by atoms with Crippen molar-refractivity contribution >= 4 is 11.9 Å². The second kappa shape index (κ2) is 5.73. The number of hydrogen-bond donors (Lipinski definition) is 0. The number of nitrogens with zero attached hydrogens (tertiary/aromatic N) is 1. The number of likely N-dealkylation sites (tertiary alicyclic amines) is 1. The first-order valence-corrected chi connectivity index (χ1v) is 5.50. The summed E-state index contributed by atoms with van der Waals surface area (Å²) in [6, 6.07) is 0. The van der Waals surface area contributed by atoms with Gasteiger partial charge in [-0.05, 0) is 19.3 Å². The Bertz CT molecular complexity index is 234. The van der Waals surface area contributed by atoms with E-state index in [0.717, 1.165) is 25.9 Å². The second-order valence-electron chi connectivity index (χ2n) is 4.07. The van der Waals surface area contributed by atoms with Crippen LogP contribution < -0.4 is 0 Å². The van der Waals surface area contributed by atoms with E-state index in [9.17, 15) is 9.59 Å². The summed E-state index contributed by atoms with van der Waals surface area (Å²) in [5.41, 5.74) is 0. The van der Waals surface area contributed by atoms with Gasteiger partial charge in [0.15, 0.2) is 0 Å².